The van der Waals surface area contributed by atoms with Gasteiger partial charge < -0.3 is 15.3 Å². The third-order valence-corrected chi connectivity index (χ3v) is 4.67. The number of rotatable bonds is 3. The minimum atomic E-state index is -0.917. The number of nitrogens with zero attached hydrogens (tertiary/aromatic N) is 1. The Labute approximate surface area is 105 Å². The Balaban J connectivity index is 1.84. The molecule has 1 aliphatic carbocycles. The first-order chi connectivity index (χ1) is 8.02. The largest absolute Gasteiger partial charge is 0.480 e. The Morgan fingerprint density at radius 3 is 2.76 bits per heavy atom. The number of amides is 2. The third kappa shape index (κ3) is 2.68. The third-order valence-electron chi connectivity index (χ3n) is 3.66. The molecule has 1 saturated carbocycles. The van der Waals surface area contributed by atoms with Crippen LogP contribution in [0.2, 0.25) is 0 Å². The molecule has 1 atom stereocenters. The molecule has 1 saturated heterocycles. The van der Waals surface area contributed by atoms with E-state index in [0.717, 1.165) is 12.8 Å². The summed E-state index contributed by atoms with van der Waals surface area (Å²) in [5.74, 6) is 0.0412. The summed E-state index contributed by atoms with van der Waals surface area (Å²) in [6, 6.07) is -0.912. The van der Waals surface area contributed by atoms with E-state index < -0.39 is 12.0 Å². The van der Waals surface area contributed by atoms with E-state index in [4.69, 9.17) is 5.11 Å². The van der Waals surface area contributed by atoms with Gasteiger partial charge in [-0.2, -0.15) is 0 Å². The predicted octanol–water partition coefficient (Wildman–Crippen LogP) is 1.35. The highest BCUT2D eigenvalue weighted by molar-refractivity contribution is 7.99. The zero-order valence-corrected chi connectivity index (χ0v) is 10.8. The number of carbonyl (C=O) groups is 2. The molecule has 17 heavy (non-hydrogen) atoms. The number of urea groups is 1. The van der Waals surface area contributed by atoms with Crippen LogP contribution in [0.1, 0.15) is 26.2 Å². The van der Waals surface area contributed by atoms with Gasteiger partial charge in [0.05, 0.1) is 5.88 Å². The first-order valence-corrected chi connectivity index (χ1v) is 7.02. The van der Waals surface area contributed by atoms with E-state index in [-0.39, 0.29) is 11.4 Å². The van der Waals surface area contributed by atoms with Crippen LogP contribution >= 0.6 is 11.8 Å². The van der Waals surface area contributed by atoms with Crippen LogP contribution in [0, 0.1) is 5.41 Å². The van der Waals surface area contributed by atoms with Crippen molar-refractivity contribution in [3.05, 3.63) is 0 Å². The van der Waals surface area contributed by atoms with Gasteiger partial charge in [-0.1, -0.05) is 13.3 Å². The SMILES string of the molecule is CC1(CNC(=O)N2CSCC2C(=O)O)CCC1. The average Bonchev–Trinajstić information content (AvgIpc) is 2.72. The van der Waals surface area contributed by atoms with Crippen LogP contribution in [0.15, 0.2) is 0 Å². The van der Waals surface area contributed by atoms with Crippen LogP contribution in [0.5, 0.6) is 0 Å². The molecule has 2 amide bonds. The monoisotopic (exact) mass is 258 g/mol. The van der Waals surface area contributed by atoms with Crippen molar-refractivity contribution in [3.8, 4) is 0 Å². The van der Waals surface area contributed by atoms with Crippen LogP contribution in [-0.2, 0) is 4.79 Å². The molecule has 1 heterocycles. The van der Waals surface area contributed by atoms with Gasteiger partial charge in [0.25, 0.3) is 0 Å². The maximum absolute atomic E-state index is 11.9. The van der Waals surface area contributed by atoms with Crippen LogP contribution in [0.4, 0.5) is 4.79 Å². The lowest BCUT2D eigenvalue weighted by molar-refractivity contribution is -0.140. The fraction of sp³-hybridized carbons (Fsp3) is 0.818. The van der Waals surface area contributed by atoms with Gasteiger partial charge in [-0.25, -0.2) is 9.59 Å². The van der Waals surface area contributed by atoms with E-state index in [1.165, 1.54) is 23.1 Å². The maximum Gasteiger partial charge on any atom is 0.327 e. The molecule has 1 unspecified atom stereocenters. The second-order valence-corrected chi connectivity index (χ2v) is 6.15. The molecule has 0 aromatic heterocycles. The van der Waals surface area contributed by atoms with Crippen molar-refractivity contribution in [2.45, 2.75) is 32.2 Å². The molecule has 0 bridgehead atoms. The molecule has 0 aromatic rings. The van der Waals surface area contributed by atoms with Gasteiger partial charge in [-0.3, -0.25) is 0 Å². The highest BCUT2D eigenvalue weighted by Gasteiger charge is 2.36. The molecule has 0 aromatic carbocycles. The number of hydrogen-bond acceptors (Lipinski definition) is 3. The average molecular weight is 258 g/mol. The van der Waals surface area contributed by atoms with Crippen molar-refractivity contribution in [1.29, 1.82) is 0 Å². The van der Waals surface area contributed by atoms with Gasteiger partial charge >= 0.3 is 12.0 Å². The Hall–Kier alpha value is -0.910. The van der Waals surface area contributed by atoms with Crippen molar-refractivity contribution in [3.63, 3.8) is 0 Å². The lowest BCUT2D eigenvalue weighted by Crippen LogP contribution is -2.50. The summed E-state index contributed by atoms with van der Waals surface area (Å²) in [7, 11) is 0. The second kappa shape index (κ2) is 4.76. The fourth-order valence-corrected chi connectivity index (χ4v) is 3.34. The second-order valence-electron chi connectivity index (χ2n) is 5.15. The summed E-state index contributed by atoms with van der Waals surface area (Å²) < 4.78 is 0. The van der Waals surface area contributed by atoms with Crippen LogP contribution in [0.3, 0.4) is 0 Å². The molecule has 2 N–H and O–H groups in total. The Morgan fingerprint density at radius 1 is 1.53 bits per heavy atom. The lowest BCUT2D eigenvalue weighted by atomic mass is 9.70. The molecule has 5 nitrogen and oxygen atoms in total. The van der Waals surface area contributed by atoms with E-state index in [9.17, 15) is 9.59 Å². The molecular formula is C11H18N2O3S. The minimum absolute atomic E-state index is 0.223. The first kappa shape index (κ1) is 12.5. The topological polar surface area (TPSA) is 69.6 Å². The summed E-state index contributed by atoms with van der Waals surface area (Å²) in [6.07, 6.45) is 3.51. The summed E-state index contributed by atoms with van der Waals surface area (Å²) in [4.78, 5) is 24.2. The summed E-state index contributed by atoms with van der Waals surface area (Å²) in [6.45, 7) is 2.81. The molecule has 2 fully saturated rings. The number of carboxylic acid groups (broad SMARTS) is 1. The van der Waals surface area contributed by atoms with Gasteiger partial charge in [0.2, 0.25) is 0 Å². The van der Waals surface area contributed by atoms with Gasteiger partial charge in [0.1, 0.15) is 6.04 Å². The molecule has 2 aliphatic rings. The van der Waals surface area contributed by atoms with E-state index in [0.29, 0.717) is 18.2 Å². The Morgan fingerprint density at radius 2 is 2.24 bits per heavy atom. The van der Waals surface area contributed by atoms with Gasteiger partial charge in [-0.15, -0.1) is 11.8 Å². The van der Waals surface area contributed by atoms with Crippen molar-refractivity contribution in [2.75, 3.05) is 18.2 Å². The predicted molar refractivity (Wildman–Crippen MR) is 65.9 cm³/mol. The van der Waals surface area contributed by atoms with Crippen LogP contribution < -0.4 is 5.32 Å². The van der Waals surface area contributed by atoms with Crippen molar-refractivity contribution in [1.82, 2.24) is 10.2 Å². The van der Waals surface area contributed by atoms with Crippen LogP contribution in [-0.4, -0.2) is 46.2 Å². The van der Waals surface area contributed by atoms with E-state index >= 15 is 0 Å². The number of thioether (sulfide) groups is 1. The zero-order valence-electron chi connectivity index (χ0n) is 9.94. The van der Waals surface area contributed by atoms with E-state index in [2.05, 4.69) is 12.2 Å². The van der Waals surface area contributed by atoms with Crippen molar-refractivity contribution in [2.24, 2.45) is 5.41 Å². The smallest absolute Gasteiger partial charge is 0.327 e. The lowest BCUT2D eigenvalue weighted by Gasteiger charge is -2.38. The van der Waals surface area contributed by atoms with E-state index in [1.54, 1.807) is 0 Å². The molecule has 96 valence electrons. The van der Waals surface area contributed by atoms with Crippen molar-refractivity contribution < 1.29 is 14.7 Å². The number of aliphatic carboxylic acids is 1. The zero-order chi connectivity index (χ0) is 12.5. The molecule has 6 heteroatoms. The first-order valence-electron chi connectivity index (χ1n) is 5.87. The number of carbonyl (C=O) groups excluding carboxylic acids is 1. The van der Waals surface area contributed by atoms with E-state index in [1.807, 2.05) is 0 Å². The van der Waals surface area contributed by atoms with Gasteiger partial charge in [0.15, 0.2) is 0 Å². The normalized spacial score (nSPS) is 26.4. The van der Waals surface area contributed by atoms with Gasteiger partial charge in [0, 0.05) is 12.3 Å². The molecule has 0 spiro atoms. The van der Waals surface area contributed by atoms with Gasteiger partial charge in [-0.05, 0) is 18.3 Å². The fourth-order valence-electron chi connectivity index (χ4n) is 2.20. The molecular weight excluding hydrogens is 240 g/mol. The number of hydrogen-bond donors (Lipinski definition) is 2. The van der Waals surface area contributed by atoms with Crippen molar-refractivity contribution >= 4 is 23.8 Å². The minimum Gasteiger partial charge on any atom is -0.480 e. The standard InChI is InChI=1S/C11H18N2O3S/c1-11(3-2-4-11)6-12-10(16)13-7-17-5-8(13)9(14)15/h8H,2-7H2,1H3,(H,12,16)(H,14,15). The van der Waals surface area contributed by atoms with Crippen LogP contribution in [0.25, 0.3) is 0 Å². The number of carboxylic acids is 1. The molecule has 1 aliphatic heterocycles. The summed E-state index contributed by atoms with van der Waals surface area (Å²) in [5, 5.41) is 11.8. The Bertz CT molecular complexity index is 331. The highest BCUT2D eigenvalue weighted by Crippen LogP contribution is 2.39. The molecule has 0 radical (unpaired) electrons. The summed E-state index contributed by atoms with van der Waals surface area (Å²) in [5.41, 5.74) is 0.223. The summed E-state index contributed by atoms with van der Waals surface area (Å²) >= 11 is 1.48. The number of nitrogens with one attached hydrogen (secondary N) is 1. The highest BCUT2D eigenvalue weighted by atomic mass is 32.2. The molecule has 2 rings (SSSR count). The maximum atomic E-state index is 11.9. The Kier molecular flexibility index (Phi) is 3.51. The quantitative estimate of drug-likeness (QED) is 0.801.